The lowest BCUT2D eigenvalue weighted by Crippen LogP contribution is -2.47. The summed E-state index contributed by atoms with van der Waals surface area (Å²) in [4.78, 5) is 2.39. The molecular formula is C25H26F2N2O2S. The van der Waals surface area contributed by atoms with E-state index in [0.717, 1.165) is 0 Å². The first-order valence-corrected chi connectivity index (χ1v) is 12.1. The minimum Gasteiger partial charge on any atom is -0.299 e. The molecule has 0 saturated carbocycles. The molecule has 0 N–H and O–H groups in total. The van der Waals surface area contributed by atoms with Crippen LogP contribution in [0.3, 0.4) is 0 Å². The number of sulfonamides is 1. The Morgan fingerprint density at radius 1 is 0.906 bits per heavy atom. The van der Waals surface area contributed by atoms with Crippen molar-refractivity contribution in [1.82, 2.24) is 4.90 Å². The Hall–Kier alpha value is -2.77. The molecule has 1 aliphatic heterocycles. The largest absolute Gasteiger partial charge is 0.299 e. The highest BCUT2D eigenvalue weighted by Crippen LogP contribution is 2.32. The zero-order valence-electron chi connectivity index (χ0n) is 17.9. The zero-order chi connectivity index (χ0) is 22.7. The zero-order valence-corrected chi connectivity index (χ0v) is 18.7. The second kappa shape index (κ2) is 9.38. The number of likely N-dealkylation sites (tertiary alicyclic amines) is 1. The lowest BCUT2D eigenvalue weighted by atomic mass is 10.0. The number of anilines is 1. The van der Waals surface area contributed by atoms with Crippen LogP contribution in [0.15, 0.2) is 77.7 Å². The van der Waals surface area contributed by atoms with Gasteiger partial charge in [-0.25, -0.2) is 17.2 Å². The summed E-state index contributed by atoms with van der Waals surface area (Å²) in [6, 6.07) is 18.9. The van der Waals surface area contributed by atoms with E-state index in [1.807, 2.05) is 6.07 Å². The fourth-order valence-electron chi connectivity index (χ4n) is 4.27. The number of aryl methyl sites for hydroxylation is 1. The lowest BCUT2D eigenvalue weighted by molar-refractivity contribution is 0.204. The minimum atomic E-state index is -3.85. The van der Waals surface area contributed by atoms with E-state index in [1.165, 1.54) is 34.6 Å². The van der Waals surface area contributed by atoms with Crippen molar-refractivity contribution in [2.45, 2.75) is 37.2 Å². The molecule has 0 atom stereocenters. The second-order valence-corrected chi connectivity index (χ2v) is 9.92. The standard InChI is InChI=1S/C25H26F2N2O2S/c1-19-6-2-5-9-25(19)32(30,31)29(22-12-10-21(26)11-13-22)23-14-16-28(17-15-23)18-20-7-3-4-8-24(20)27/h2-13,23H,14-18H2,1H3. The number of halogens is 2. The maximum atomic E-state index is 14.0. The summed E-state index contributed by atoms with van der Waals surface area (Å²) in [6.07, 6.45) is 1.19. The van der Waals surface area contributed by atoms with Crippen LogP contribution in [0.25, 0.3) is 0 Å². The van der Waals surface area contributed by atoms with Gasteiger partial charge in [0.25, 0.3) is 10.0 Å². The van der Waals surface area contributed by atoms with Crippen molar-refractivity contribution in [2.75, 3.05) is 17.4 Å². The van der Waals surface area contributed by atoms with Crippen molar-refractivity contribution in [2.24, 2.45) is 0 Å². The highest BCUT2D eigenvalue weighted by molar-refractivity contribution is 7.93. The number of benzene rings is 3. The molecule has 1 heterocycles. The smallest absolute Gasteiger partial charge is 0.264 e. The summed E-state index contributed by atoms with van der Waals surface area (Å²) in [5.41, 5.74) is 1.74. The molecule has 0 spiro atoms. The molecule has 0 radical (unpaired) electrons. The Labute approximate surface area is 188 Å². The Balaban J connectivity index is 1.60. The number of rotatable bonds is 6. The molecule has 0 amide bonds. The summed E-state index contributed by atoms with van der Waals surface area (Å²) in [7, 11) is -3.85. The molecule has 0 aliphatic carbocycles. The number of nitrogens with zero attached hydrogens (tertiary/aromatic N) is 2. The SMILES string of the molecule is Cc1ccccc1S(=O)(=O)N(c1ccc(F)cc1)C1CCN(Cc2ccccc2F)CC1. The van der Waals surface area contributed by atoms with E-state index in [4.69, 9.17) is 0 Å². The first-order chi connectivity index (χ1) is 15.4. The third kappa shape index (κ3) is 4.69. The topological polar surface area (TPSA) is 40.6 Å². The summed E-state index contributed by atoms with van der Waals surface area (Å²) >= 11 is 0. The van der Waals surface area contributed by atoms with E-state index in [2.05, 4.69) is 4.90 Å². The number of hydrogen-bond acceptors (Lipinski definition) is 3. The quantitative estimate of drug-likeness (QED) is 0.516. The molecule has 0 bridgehead atoms. The van der Waals surface area contributed by atoms with Crippen molar-refractivity contribution in [3.8, 4) is 0 Å². The predicted molar refractivity (Wildman–Crippen MR) is 122 cm³/mol. The van der Waals surface area contributed by atoms with Crippen LogP contribution in [0.1, 0.15) is 24.0 Å². The van der Waals surface area contributed by atoms with Crippen molar-refractivity contribution >= 4 is 15.7 Å². The van der Waals surface area contributed by atoms with Gasteiger partial charge in [0, 0.05) is 31.2 Å². The molecule has 32 heavy (non-hydrogen) atoms. The van der Waals surface area contributed by atoms with E-state index in [0.29, 0.717) is 49.3 Å². The fraction of sp³-hybridized carbons (Fsp3) is 0.280. The van der Waals surface area contributed by atoms with Crippen LogP contribution in [0, 0.1) is 18.6 Å². The summed E-state index contributed by atoms with van der Waals surface area (Å²) in [6.45, 7) is 3.53. The van der Waals surface area contributed by atoms with Gasteiger partial charge in [-0.3, -0.25) is 9.21 Å². The lowest BCUT2D eigenvalue weighted by Gasteiger charge is -2.39. The monoisotopic (exact) mass is 456 g/mol. The molecule has 4 nitrogen and oxygen atoms in total. The molecule has 4 rings (SSSR count). The van der Waals surface area contributed by atoms with Gasteiger partial charge in [-0.05, 0) is 61.7 Å². The van der Waals surface area contributed by atoms with Crippen molar-refractivity contribution in [1.29, 1.82) is 0 Å². The van der Waals surface area contributed by atoms with Crippen LogP contribution in [0.4, 0.5) is 14.5 Å². The Morgan fingerprint density at radius 2 is 1.53 bits per heavy atom. The van der Waals surface area contributed by atoms with Gasteiger partial charge in [-0.2, -0.15) is 0 Å². The van der Waals surface area contributed by atoms with Crippen molar-refractivity contribution in [3.63, 3.8) is 0 Å². The minimum absolute atomic E-state index is 0.232. The summed E-state index contributed by atoms with van der Waals surface area (Å²) in [5, 5.41) is 0. The van der Waals surface area contributed by atoms with Gasteiger partial charge in [-0.15, -0.1) is 0 Å². The van der Waals surface area contributed by atoms with Gasteiger partial charge in [0.05, 0.1) is 10.6 Å². The number of hydrogen-bond donors (Lipinski definition) is 0. The van der Waals surface area contributed by atoms with Gasteiger partial charge in [0.15, 0.2) is 0 Å². The van der Waals surface area contributed by atoms with Crippen LogP contribution in [-0.2, 0) is 16.6 Å². The third-order valence-corrected chi connectivity index (χ3v) is 7.99. The van der Waals surface area contributed by atoms with Crippen molar-refractivity contribution in [3.05, 3.63) is 95.6 Å². The number of piperidine rings is 1. The Bertz CT molecular complexity index is 1170. The molecule has 1 fully saturated rings. The Morgan fingerprint density at radius 3 is 2.19 bits per heavy atom. The summed E-state index contributed by atoms with van der Waals surface area (Å²) in [5.74, 6) is -0.647. The van der Waals surface area contributed by atoms with Gasteiger partial charge >= 0.3 is 0 Å². The highest BCUT2D eigenvalue weighted by atomic mass is 32.2. The average molecular weight is 457 g/mol. The molecular weight excluding hydrogens is 430 g/mol. The van der Waals surface area contributed by atoms with Crippen LogP contribution in [-0.4, -0.2) is 32.4 Å². The Kier molecular flexibility index (Phi) is 6.58. The molecule has 168 valence electrons. The van der Waals surface area contributed by atoms with E-state index in [1.54, 1.807) is 43.3 Å². The van der Waals surface area contributed by atoms with E-state index in [-0.39, 0.29) is 16.8 Å². The molecule has 7 heteroatoms. The van der Waals surface area contributed by atoms with Gasteiger partial charge < -0.3 is 0 Å². The van der Waals surface area contributed by atoms with Crippen LogP contribution in [0.5, 0.6) is 0 Å². The molecule has 3 aromatic carbocycles. The molecule has 0 unspecified atom stereocenters. The van der Waals surface area contributed by atoms with Gasteiger partial charge in [-0.1, -0.05) is 36.4 Å². The third-order valence-electron chi connectivity index (χ3n) is 5.95. The van der Waals surface area contributed by atoms with Gasteiger partial charge in [0.1, 0.15) is 11.6 Å². The molecule has 0 aromatic heterocycles. The normalized spacial score (nSPS) is 15.6. The molecule has 3 aromatic rings. The van der Waals surface area contributed by atoms with Crippen LogP contribution in [0.2, 0.25) is 0 Å². The molecule has 1 aliphatic rings. The first-order valence-electron chi connectivity index (χ1n) is 10.7. The average Bonchev–Trinajstić information content (AvgIpc) is 2.78. The van der Waals surface area contributed by atoms with Crippen molar-refractivity contribution < 1.29 is 17.2 Å². The van der Waals surface area contributed by atoms with Crippen LogP contribution >= 0.6 is 0 Å². The van der Waals surface area contributed by atoms with Gasteiger partial charge in [0.2, 0.25) is 0 Å². The predicted octanol–water partition coefficient (Wildman–Crippen LogP) is 5.13. The maximum absolute atomic E-state index is 14.0. The van der Waals surface area contributed by atoms with Crippen LogP contribution < -0.4 is 4.31 Å². The highest BCUT2D eigenvalue weighted by Gasteiger charge is 2.35. The first kappa shape index (κ1) is 22.4. The van der Waals surface area contributed by atoms with E-state index < -0.39 is 15.8 Å². The fourth-order valence-corrected chi connectivity index (χ4v) is 6.21. The summed E-state index contributed by atoms with van der Waals surface area (Å²) < 4.78 is 56.5. The maximum Gasteiger partial charge on any atom is 0.264 e. The second-order valence-electron chi connectivity index (χ2n) is 8.14. The van der Waals surface area contributed by atoms with E-state index >= 15 is 0 Å². The molecule has 1 saturated heterocycles. The van der Waals surface area contributed by atoms with E-state index in [9.17, 15) is 17.2 Å².